The Morgan fingerprint density at radius 1 is 1.47 bits per heavy atom. The predicted octanol–water partition coefficient (Wildman–Crippen LogP) is 0.743. The van der Waals surface area contributed by atoms with Crippen LogP contribution in [0.1, 0.15) is 19.0 Å². The summed E-state index contributed by atoms with van der Waals surface area (Å²) in [5, 5.41) is 14.2. The molecule has 0 aliphatic rings. The molecule has 0 bridgehead atoms. The molecule has 3 N–H and O–H groups in total. The van der Waals surface area contributed by atoms with Crippen LogP contribution in [0.4, 0.5) is 16.6 Å². The van der Waals surface area contributed by atoms with E-state index in [1.165, 1.54) is 0 Å². The van der Waals surface area contributed by atoms with Gasteiger partial charge in [0.2, 0.25) is 5.95 Å². The van der Waals surface area contributed by atoms with Crippen LogP contribution in [0, 0.1) is 6.92 Å². The van der Waals surface area contributed by atoms with E-state index in [4.69, 9.17) is 5.11 Å². The number of carbonyl (C=O) groups is 1. The largest absolute Gasteiger partial charge is 0.394 e. The SMILES string of the molecule is CC[C@@H](CO)NC(=O)Nc1nc(C)cc(N(C)C)n1. The molecule has 2 amide bonds. The maximum absolute atomic E-state index is 11.7. The fourth-order valence-corrected chi connectivity index (χ4v) is 1.44. The van der Waals surface area contributed by atoms with Crippen molar-refractivity contribution in [3.05, 3.63) is 11.8 Å². The summed E-state index contributed by atoms with van der Waals surface area (Å²) in [6, 6.07) is 1.14. The quantitative estimate of drug-likeness (QED) is 0.732. The highest BCUT2D eigenvalue weighted by molar-refractivity contribution is 5.87. The summed E-state index contributed by atoms with van der Waals surface area (Å²) < 4.78 is 0. The van der Waals surface area contributed by atoms with E-state index in [1.807, 2.05) is 38.9 Å². The second kappa shape index (κ2) is 6.89. The average Bonchev–Trinajstić information content (AvgIpc) is 2.35. The van der Waals surface area contributed by atoms with Gasteiger partial charge < -0.3 is 15.3 Å². The molecule has 1 heterocycles. The number of hydrogen-bond acceptors (Lipinski definition) is 5. The molecule has 0 aromatic carbocycles. The molecule has 0 saturated heterocycles. The van der Waals surface area contributed by atoms with Gasteiger partial charge in [-0.1, -0.05) is 6.92 Å². The van der Waals surface area contributed by atoms with Crippen molar-refractivity contribution in [2.75, 3.05) is 30.9 Å². The number of aromatic nitrogens is 2. The van der Waals surface area contributed by atoms with E-state index in [0.717, 1.165) is 11.5 Å². The number of aliphatic hydroxyl groups is 1. The van der Waals surface area contributed by atoms with Crippen molar-refractivity contribution < 1.29 is 9.90 Å². The van der Waals surface area contributed by atoms with E-state index < -0.39 is 6.03 Å². The van der Waals surface area contributed by atoms with Crippen LogP contribution in [-0.4, -0.2) is 47.8 Å². The van der Waals surface area contributed by atoms with E-state index >= 15 is 0 Å². The standard InChI is InChI=1S/C12H21N5O2/c1-5-9(7-18)14-12(19)16-11-13-8(2)6-10(15-11)17(3)4/h6,9,18H,5,7H2,1-4H3,(H2,13,14,15,16,19)/t9-/m0/s1. The molecule has 0 spiro atoms. The summed E-state index contributed by atoms with van der Waals surface area (Å²) in [6.45, 7) is 3.62. The number of nitrogens with one attached hydrogen (secondary N) is 2. The molecule has 0 aliphatic heterocycles. The molecule has 19 heavy (non-hydrogen) atoms. The van der Waals surface area contributed by atoms with Crippen molar-refractivity contribution in [2.45, 2.75) is 26.3 Å². The number of carbonyl (C=O) groups excluding carboxylic acids is 1. The van der Waals surface area contributed by atoms with Gasteiger partial charge in [-0.2, -0.15) is 4.98 Å². The first-order chi connectivity index (χ1) is 8.96. The first-order valence-electron chi connectivity index (χ1n) is 6.17. The predicted molar refractivity (Wildman–Crippen MR) is 74.4 cm³/mol. The van der Waals surface area contributed by atoms with Crippen LogP contribution in [-0.2, 0) is 0 Å². The number of hydrogen-bond donors (Lipinski definition) is 3. The molecular formula is C12H21N5O2. The lowest BCUT2D eigenvalue weighted by atomic mass is 10.2. The van der Waals surface area contributed by atoms with Crippen molar-refractivity contribution in [2.24, 2.45) is 0 Å². The van der Waals surface area contributed by atoms with Gasteiger partial charge in [-0.05, 0) is 13.3 Å². The minimum absolute atomic E-state index is 0.0957. The Bertz CT molecular complexity index is 432. The van der Waals surface area contributed by atoms with E-state index in [9.17, 15) is 4.79 Å². The Kier molecular flexibility index (Phi) is 5.50. The monoisotopic (exact) mass is 267 g/mol. The molecule has 0 saturated carbocycles. The second-order valence-electron chi connectivity index (χ2n) is 4.47. The number of urea groups is 1. The molecule has 106 valence electrons. The minimum atomic E-state index is -0.420. The van der Waals surface area contributed by atoms with E-state index in [1.54, 1.807) is 0 Å². The van der Waals surface area contributed by atoms with Gasteiger partial charge in [-0.25, -0.2) is 9.78 Å². The number of amides is 2. The maximum Gasteiger partial charge on any atom is 0.321 e. The van der Waals surface area contributed by atoms with Gasteiger partial charge in [0.15, 0.2) is 0 Å². The van der Waals surface area contributed by atoms with Gasteiger partial charge in [-0.3, -0.25) is 5.32 Å². The third-order valence-corrected chi connectivity index (χ3v) is 2.57. The van der Waals surface area contributed by atoms with E-state index in [2.05, 4.69) is 20.6 Å². The summed E-state index contributed by atoms with van der Waals surface area (Å²) in [5.74, 6) is 0.964. The third kappa shape index (κ3) is 4.70. The highest BCUT2D eigenvalue weighted by Gasteiger charge is 2.11. The Hall–Kier alpha value is -1.89. The van der Waals surface area contributed by atoms with Crippen LogP contribution in [0.2, 0.25) is 0 Å². The van der Waals surface area contributed by atoms with Gasteiger partial charge >= 0.3 is 6.03 Å². The van der Waals surface area contributed by atoms with Gasteiger partial charge in [0.05, 0.1) is 12.6 Å². The van der Waals surface area contributed by atoms with Crippen molar-refractivity contribution in [1.82, 2.24) is 15.3 Å². The zero-order valence-corrected chi connectivity index (χ0v) is 11.8. The Balaban J connectivity index is 2.73. The summed E-state index contributed by atoms with van der Waals surface area (Å²) in [5.41, 5.74) is 0.767. The molecule has 7 heteroatoms. The lowest BCUT2D eigenvalue weighted by Gasteiger charge is -2.16. The fraction of sp³-hybridized carbons (Fsp3) is 0.583. The Morgan fingerprint density at radius 2 is 2.16 bits per heavy atom. The van der Waals surface area contributed by atoms with Crippen molar-refractivity contribution in [1.29, 1.82) is 0 Å². The minimum Gasteiger partial charge on any atom is -0.394 e. The Morgan fingerprint density at radius 3 is 2.68 bits per heavy atom. The normalized spacial score (nSPS) is 11.8. The second-order valence-corrected chi connectivity index (χ2v) is 4.47. The maximum atomic E-state index is 11.7. The molecule has 0 aliphatic carbocycles. The van der Waals surface area contributed by atoms with Gasteiger partial charge in [0.25, 0.3) is 0 Å². The number of aryl methyl sites for hydroxylation is 1. The number of aliphatic hydroxyl groups excluding tert-OH is 1. The molecule has 0 fully saturated rings. The summed E-state index contributed by atoms with van der Waals surface area (Å²) >= 11 is 0. The van der Waals surface area contributed by atoms with Crippen molar-refractivity contribution >= 4 is 17.8 Å². The number of anilines is 2. The lowest BCUT2D eigenvalue weighted by Crippen LogP contribution is -2.40. The molecule has 0 unspecified atom stereocenters. The number of rotatable bonds is 5. The zero-order valence-electron chi connectivity index (χ0n) is 11.8. The van der Waals surface area contributed by atoms with Crippen molar-refractivity contribution in [3.63, 3.8) is 0 Å². The van der Waals surface area contributed by atoms with Crippen LogP contribution in [0.5, 0.6) is 0 Å². The third-order valence-electron chi connectivity index (χ3n) is 2.57. The molecule has 1 aromatic heterocycles. The van der Waals surface area contributed by atoms with Crippen LogP contribution in [0.3, 0.4) is 0 Å². The molecule has 1 atom stereocenters. The lowest BCUT2D eigenvalue weighted by molar-refractivity contribution is 0.222. The van der Waals surface area contributed by atoms with E-state index in [0.29, 0.717) is 6.42 Å². The van der Waals surface area contributed by atoms with Gasteiger partial charge in [-0.15, -0.1) is 0 Å². The smallest absolute Gasteiger partial charge is 0.321 e. The first kappa shape index (κ1) is 15.2. The van der Waals surface area contributed by atoms with Crippen LogP contribution < -0.4 is 15.5 Å². The van der Waals surface area contributed by atoms with E-state index in [-0.39, 0.29) is 18.6 Å². The molecular weight excluding hydrogens is 246 g/mol. The van der Waals surface area contributed by atoms with Gasteiger partial charge in [0.1, 0.15) is 5.82 Å². The van der Waals surface area contributed by atoms with Crippen molar-refractivity contribution in [3.8, 4) is 0 Å². The molecule has 0 radical (unpaired) electrons. The average molecular weight is 267 g/mol. The summed E-state index contributed by atoms with van der Waals surface area (Å²) in [4.78, 5) is 21.9. The van der Waals surface area contributed by atoms with Crippen LogP contribution >= 0.6 is 0 Å². The summed E-state index contributed by atoms with van der Waals surface area (Å²) in [6.07, 6.45) is 0.654. The van der Waals surface area contributed by atoms with Crippen LogP contribution in [0.25, 0.3) is 0 Å². The van der Waals surface area contributed by atoms with Crippen LogP contribution in [0.15, 0.2) is 6.07 Å². The highest BCUT2D eigenvalue weighted by atomic mass is 16.3. The molecule has 1 aromatic rings. The molecule has 7 nitrogen and oxygen atoms in total. The molecule has 1 rings (SSSR count). The summed E-state index contributed by atoms with van der Waals surface area (Å²) in [7, 11) is 3.73. The van der Waals surface area contributed by atoms with Gasteiger partial charge in [0, 0.05) is 25.9 Å². The zero-order chi connectivity index (χ0) is 14.4. The Labute approximate surface area is 113 Å². The highest BCUT2D eigenvalue weighted by Crippen LogP contribution is 2.11. The number of nitrogens with zero attached hydrogens (tertiary/aromatic N) is 3. The first-order valence-corrected chi connectivity index (χ1v) is 6.17. The fourth-order valence-electron chi connectivity index (χ4n) is 1.44. The topological polar surface area (TPSA) is 90.4 Å².